The molecule has 19 heavy (non-hydrogen) atoms. The van der Waals surface area contributed by atoms with Gasteiger partial charge in [-0.1, -0.05) is 28.8 Å². The highest BCUT2D eigenvalue weighted by molar-refractivity contribution is 9.11. The summed E-state index contributed by atoms with van der Waals surface area (Å²) in [7, 11) is -3.64. The van der Waals surface area contributed by atoms with Gasteiger partial charge in [0.25, 0.3) is 0 Å². The van der Waals surface area contributed by atoms with Gasteiger partial charge in [0.05, 0.1) is 17.0 Å². The lowest BCUT2D eigenvalue weighted by atomic mass is 10.0. The molecule has 0 unspecified atom stereocenters. The highest BCUT2D eigenvalue weighted by Gasteiger charge is 2.37. The van der Waals surface area contributed by atoms with E-state index in [1.807, 2.05) is 0 Å². The molecular formula is C12H15Br2NO3S. The van der Waals surface area contributed by atoms with E-state index in [4.69, 9.17) is 0 Å². The summed E-state index contributed by atoms with van der Waals surface area (Å²) in [5.41, 5.74) is -0.703. The average molecular weight is 413 g/mol. The maximum atomic E-state index is 12.4. The number of aliphatic hydroxyl groups excluding tert-OH is 1. The molecule has 1 aromatic rings. The zero-order valence-electron chi connectivity index (χ0n) is 10.2. The Morgan fingerprint density at radius 3 is 2.42 bits per heavy atom. The van der Waals surface area contributed by atoms with Crippen molar-refractivity contribution in [2.24, 2.45) is 0 Å². The van der Waals surface area contributed by atoms with Crippen LogP contribution < -0.4 is 4.72 Å². The largest absolute Gasteiger partial charge is 0.394 e. The number of benzene rings is 1. The Kier molecular flexibility index (Phi) is 4.72. The number of halogens is 2. The van der Waals surface area contributed by atoms with E-state index in [1.54, 1.807) is 12.1 Å². The average Bonchev–Trinajstić information content (AvgIpc) is 2.77. The monoisotopic (exact) mass is 411 g/mol. The fourth-order valence-electron chi connectivity index (χ4n) is 2.38. The molecule has 0 bridgehead atoms. The van der Waals surface area contributed by atoms with Crippen molar-refractivity contribution in [2.45, 2.75) is 36.1 Å². The second-order valence-corrected chi connectivity index (χ2v) is 8.25. The first-order valence-electron chi connectivity index (χ1n) is 5.98. The van der Waals surface area contributed by atoms with Crippen LogP contribution in [0.2, 0.25) is 0 Å². The lowest BCUT2D eigenvalue weighted by Crippen LogP contribution is -2.49. The van der Waals surface area contributed by atoms with E-state index in [1.165, 1.54) is 6.07 Å². The van der Waals surface area contributed by atoms with Crippen molar-refractivity contribution in [3.63, 3.8) is 0 Å². The van der Waals surface area contributed by atoms with Crippen molar-refractivity contribution in [2.75, 3.05) is 6.61 Å². The van der Waals surface area contributed by atoms with Crippen LogP contribution in [0, 0.1) is 0 Å². The second kappa shape index (κ2) is 5.81. The van der Waals surface area contributed by atoms with Crippen LogP contribution >= 0.6 is 31.9 Å². The number of sulfonamides is 1. The molecule has 0 amide bonds. The van der Waals surface area contributed by atoms with Gasteiger partial charge in [-0.25, -0.2) is 13.1 Å². The predicted molar refractivity (Wildman–Crippen MR) is 80.4 cm³/mol. The van der Waals surface area contributed by atoms with Crippen molar-refractivity contribution in [3.05, 3.63) is 27.1 Å². The first kappa shape index (κ1) is 15.4. The molecule has 0 atom stereocenters. The fourth-order valence-corrected chi connectivity index (χ4v) is 5.58. The molecule has 1 saturated carbocycles. The molecule has 1 aliphatic rings. The predicted octanol–water partition coefficient (Wildman–Crippen LogP) is 2.80. The lowest BCUT2D eigenvalue weighted by molar-refractivity contribution is 0.185. The summed E-state index contributed by atoms with van der Waals surface area (Å²) in [4.78, 5) is 0.190. The molecule has 106 valence electrons. The summed E-state index contributed by atoms with van der Waals surface area (Å²) >= 11 is 6.55. The molecular weight excluding hydrogens is 398 g/mol. The van der Waals surface area contributed by atoms with Gasteiger partial charge in [0.2, 0.25) is 10.0 Å². The summed E-state index contributed by atoms with van der Waals surface area (Å²) < 4.78 is 28.8. The van der Waals surface area contributed by atoms with Gasteiger partial charge in [0.1, 0.15) is 0 Å². The molecule has 1 aliphatic carbocycles. The Labute approximate surface area is 129 Å². The molecule has 0 aliphatic heterocycles. The summed E-state index contributed by atoms with van der Waals surface area (Å²) in [5.74, 6) is 0. The van der Waals surface area contributed by atoms with Gasteiger partial charge in [-0.15, -0.1) is 0 Å². The Hall–Kier alpha value is 0.0500. The van der Waals surface area contributed by atoms with Crippen LogP contribution in [-0.4, -0.2) is 25.7 Å². The maximum Gasteiger partial charge on any atom is 0.242 e. The van der Waals surface area contributed by atoms with E-state index in [9.17, 15) is 13.5 Å². The summed E-state index contributed by atoms with van der Waals surface area (Å²) in [6.45, 7) is -0.166. The zero-order valence-corrected chi connectivity index (χ0v) is 14.2. The van der Waals surface area contributed by atoms with E-state index in [0.717, 1.165) is 17.3 Å². The highest BCUT2D eigenvalue weighted by atomic mass is 79.9. The van der Waals surface area contributed by atoms with Gasteiger partial charge in [0, 0.05) is 8.95 Å². The molecule has 0 spiro atoms. The fraction of sp³-hybridized carbons (Fsp3) is 0.500. The van der Waals surface area contributed by atoms with Crippen molar-refractivity contribution in [1.82, 2.24) is 4.72 Å². The van der Waals surface area contributed by atoms with Crippen LogP contribution in [0.4, 0.5) is 0 Å². The van der Waals surface area contributed by atoms with Crippen LogP contribution in [0.15, 0.2) is 32.0 Å². The van der Waals surface area contributed by atoms with Crippen molar-refractivity contribution >= 4 is 41.9 Å². The van der Waals surface area contributed by atoms with Gasteiger partial charge in [0.15, 0.2) is 0 Å². The van der Waals surface area contributed by atoms with E-state index in [-0.39, 0.29) is 11.5 Å². The third-order valence-electron chi connectivity index (χ3n) is 3.40. The highest BCUT2D eigenvalue weighted by Crippen LogP contribution is 2.32. The number of hydrogen-bond donors (Lipinski definition) is 2. The van der Waals surface area contributed by atoms with Crippen molar-refractivity contribution < 1.29 is 13.5 Å². The standard InChI is InChI=1S/C12H15Br2NO3S/c13-9-3-4-11(10(14)7-9)19(17,18)15-12(8-16)5-1-2-6-12/h3-4,7,15-16H,1-2,5-6,8H2. The normalized spacial score (nSPS) is 18.7. The summed E-state index contributed by atoms with van der Waals surface area (Å²) in [5, 5.41) is 9.49. The van der Waals surface area contributed by atoms with Gasteiger partial charge in [-0.2, -0.15) is 0 Å². The molecule has 2 rings (SSSR count). The molecule has 2 N–H and O–H groups in total. The molecule has 0 aromatic heterocycles. The molecule has 7 heteroatoms. The Morgan fingerprint density at radius 2 is 1.89 bits per heavy atom. The van der Waals surface area contributed by atoms with Crippen LogP contribution in [0.5, 0.6) is 0 Å². The van der Waals surface area contributed by atoms with E-state index < -0.39 is 15.6 Å². The first-order valence-corrected chi connectivity index (χ1v) is 9.05. The second-order valence-electron chi connectivity index (χ2n) is 4.83. The van der Waals surface area contributed by atoms with E-state index >= 15 is 0 Å². The minimum absolute atomic E-state index is 0.166. The Bertz CT molecular complexity index is 568. The Balaban J connectivity index is 2.32. The molecule has 0 saturated heterocycles. The number of rotatable bonds is 4. The van der Waals surface area contributed by atoms with Crippen LogP contribution in [0.1, 0.15) is 25.7 Å². The zero-order chi connectivity index (χ0) is 14.1. The number of aliphatic hydroxyl groups is 1. The molecule has 1 fully saturated rings. The van der Waals surface area contributed by atoms with E-state index in [2.05, 4.69) is 36.6 Å². The van der Waals surface area contributed by atoms with Gasteiger partial charge in [-0.3, -0.25) is 0 Å². The van der Waals surface area contributed by atoms with Gasteiger partial charge >= 0.3 is 0 Å². The third-order valence-corrected chi connectivity index (χ3v) is 6.45. The molecule has 0 radical (unpaired) electrons. The molecule has 0 heterocycles. The SMILES string of the molecule is O=S(=O)(NC1(CO)CCCC1)c1ccc(Br)cc1Br. The first-order chi connectivity index (χ1) is 8.88. The van der Waals surface area contributed by atoms with Crippen LogP contribution in [0.3, 0.4) is 0 Å². The summed E-state index contributed by atoms with van der Waals surface area (Å²) in [6, 6.07) is 4.91. The maximum absolute atomic E-state index is 12.4. The van der Waals surface area contributed by atoms with Crippen LogP contribution in [-0.2, 0) is 10.0 Å². The smallest absolute Gasteiger partial charge is 0.242 e. The van der Waals surface area contributed by atoms with E-state index in [0.29, 0.717) is 17.3 Å². The summed E-state index contributed by atoms with van der Waals surface area (Å²) in [6.07, 6.45) is 3.23. The molecule has 1 aromatic carbocycles. The quantitative estimate of drug-likeness (QED) is 0.798. The minimum Gasteiger partial charge on any atom is -0.394 e. The number of nitrogens with one attached hydrogen (secondary N) is 1. The van der Waals surface area contributed by atoms with Crippen molar-refractivity contribution in [3.8, 4) is 0 Å². The lowest BCUT2D eigenvalue weighted by Gasteiger charge is -2.27. The molecule has 4 nitrogen and oxygen atoms in total. The van der Waals surface area contributed by atoms with Gasteiger partial charge in [-0.05, 0) is 47.0 Å². The van der Waals surface area contributed by atoms with Crippen LogP contribution in [0.25, 0.3) is 0 Å². The van der Waals surface area contributed by atoms with Gasteiger partial charge < -0.3 is 5.11 Å². The Morgan fingerprint density at radius 1 is 1.26 bits per heavy atom. The van der Waals surface area contributed by atoms with Crippen molar-refractivity contribution in [1.29, 1.82) is 0 Å². The number of hydrogen-bond acceptors (Lipinski definition) is 3. The topological polar surface area (TPSA) is 66.4 Å². The third kappa shape index (κ3) is 3.39. The minimum atomic E-state index is -3.64.